The Kier molecular flexibility index (Phi) is 4.69. The summed E-state index contributed by atoms with van der Waals surface area (Å²) in [5, 5.41) is 2.02. The number of carbonyl (C=O) groups is 1. The summed E-state index contributed by atoms with van der Waals surface area (Å²) in [6, 6.07) is 18.9. The van der Waals surface area contributed by atoms with Crippen LogP contribution >= 0.6 is 23.2 Å². The van der Waals surface area contributed by atoms with Gasteiger partial charge in [-0.2, -0.15) is 0 Å². The van der Waals surface area contributed by atoms with Gasteiger partial charge in [0.05, 0.1) is 15.4 Å². The van der Waals surface area contributed by atoms with Crippen LogP contribution in [0.1, 0.15) is 21.7 Å². The van der Waals surface area contributed by atoms with Crippen LogP contribution in [-0.2, 0) is 0 Å². The van der Waals surface area contributed by atoms with Gasteiger partial charge in [-0.05, 0) is 42.3 Å². The molecule has 5 aromatic rings. The first kappa shape index (κ1) is 19.6. The van der Waals surface area contributed by atoms with Crippen LogP contribution in [-0.4, -0.2) is 5.78 Å². The summed E-state index contributed by atoms with van der Waals surface area (Å²) in [6.45, 7) is 1.83. The van der Waals surface area contributed by atoms with E-state index in [1.807, 2.05) is 19.1 Å². The van der Waals surface area contributed by atoms with Crippen LogP contribution in [0.25, 0.3) is 33.1 Å². The molecule has 0 radical (unpaired) electrons. The Labute approximate surface area is 186 Å². The maximum atomic E-state index is 13.4. The number of halogens is 2. The van der Waals surface area contributed by atoms with E-state index < -0.39 is 5.63 Å². The number of hydrogen-bond donors (Lipinski definition) is 0. The third-order valence-corrected chi connectivity index (χ3v) is 5.96. The van der Waals surface area contributed by atoms with Crippen molar-refractivity contribution in [3.8, 4) is 11.1 Å². The van der Waals surface area contributed by atoms with E-state index in [0.29, 0.717) is 43.3 Å². The highest BCUT2D eigenvalue weighted by Crippen LogP contribution is 2.41. The van der Waals surface area contributed by atoms with Gasteiger partial charge in [-0.15, -0.1) is 0 Å². The Morgan fingerprint density at radius 2 is 1.65 bits per heavy atom. The Hall–Kier alpha value is -3.34. The monoisotopic (exact) mass is 448 g/mol. The summed E-state index contributed by atoms with van der Waals surface area (Å²) < 4.78 is 11.6. The molecular weight excluding hydrogens is 435 g/mol. The molecule has 3 aromatic carbocycles. The zero-order chi connectivity index (χ0) is 21.7. The molecule has 152 valence electrons. The van der Waals surface area contributed by atoms with E-state index in [4.69, 9.17) is 32.0 Å². The van der Waals surface area contributed by atoms with Crippen molar-refractivity contribution in [1.29, 1.82) is 0 Å². The van der Waals surface area contributed by atoms with E-state index in [-0.39, 0.29) is 11.5 Å². The molecular formula is C25H14Cl2O4. The lowest BCUT2D eigenvalue weighted by Crippen LogP contribution is -2.01. The zero-order valence-corrected chi connectivity index (χ0v) is 17.8. The first-order valence-electron chi connectivity index (χ1n) is 9.49. The predicted octanol–water partition coefficient (Wildman–Crippen LogP) is 7.05. The average Bonchev–Trinajstić information content (AvgIpc) is 3.16. The van der Waals surface area contributed by atoms with Crippen LogP contribution in [0.5, 0.6) is 0 Å². The molecule has 0 fully saturated rings. The smallest absolute Gasteiger partial charge is 0.336 e. The van der Waals surface area contributed by atoms with Crippen LogP contribution in [0.3, 0.4) is 0 Å². The van der Waals surface area contributed by atoms with Crippen molar-refractivity contribution in [3.05, 3.63) is 104 Å². The fourth-order valence-electron chi connectivity index (χ4n) is 3.77. The maximum Gasteiger partial charge on any atom is 0.336 e. The minimum atomic E-state index is -0.477. The van der Waals surface area contributed by atoms with Gasteiger partial charge >= 0.3 is 5.63 Å². The molecule has 0 aliphatic carbocycles. The SMILES string of the molecule is Cc1cc(=O)oc2c1ccc1oc(C(=O)c3ccccc3)c(-c3ccc(Cl)c(Cl)c3)c12. The molecule has 0 unspecified atom stereocenters. The second-order valence-corrected chi connectivity index (χ2v) is 8.01. The van der Waals surface area contributed by atoms with E-state index >= 15 is 0 Å². The highest BCUT2D eigenvalue weighted by Gasteiger charge is 2.26. The largest absolute Gasteiger partial charge is 0.452 e. The molecule has 0 amide bonds. The van der Waals surface area contributed by atoms with Gasteiger partial charge in [-0.25, -0.2) is 4.79 Å². The molecule has 0 aliphatic heterocycles. The number of furan rings is 1. The zero-order valence-electron chi connectivity index (χ0n) is 16.2. The van der Waals surface area contributed by atoms with Crippen molar-refractivity contribution in [2.75, 3.05) is 0 Å². The van der Waals surface area contributed by atoms with Crippen LogP contribution in [0, 0.1) is 6.92 Å². The number of ketones is 1. The second kappa shape index (κ2) is 7.41. The number of carbonyl (C=O) groups excluding carboxylic acids is 1. The molecule has 2 aromatic heterocycles. The lowest BCUT2D eigenvalue weighted by molar-refractivity contribution is 0.101. The Bertz CT molecular complexity index is 1550. The van der Waals surface area contributed by atoms with E-state index in [2.05, 4.69) is 0 Å². The highest BCUT2D eigenvalue weighted by atomic mass is 35.5. The Morgan fingerprint density at radius 1 is 0.871 bits per heavy atom. The van der Waals surface area contributed by atoms with E-state index in [1.54, 1.807) is 48.5 Å². The molecule has 31 heavy (non-hydrogen) atoms. The summed E-state index contributed by atoms with van der Waals surface area (Å²) in [7, 11) is 0. The number of benzene rings is 3. The van der Waals surface area contributed by atoms with Gasteiger partial charge in [0.15, 0.2) is 5.76 Å². The topological polar surface area (TPSA) is 60.4 Å². The number of fused-ring (bicyclic) bond motifs is 3. The maximum absolute atomic E-state index is 13.4. The molecule has 0 N–H and O–H groups in total. The quantitative estimate of drug-likeness (QED) is 0.219. The molecule has 0 aliphatic rings. The Morgan fingerprint density at radius 3 is 2.39 bits per heavy atom. The van der Waals surface area contributed by atoms with Crippen molar-refractivity contribution in [2.45, 2.75) is 6.92 Å². The minimum Gasteiger partial charge on any atom is -0.452 e. The molecule has 0 saturated heterocycles. The number of hydrogen-bond acceptors (Lipinski definition) is 4. The van der Waals surface area contributed by atoms with E-state index in [1.165, 1.54) is 6.07 Å². The second-order valence-electron chi connectivity index (χ2n) is 7.19. The lowest BCUT2D eigenvalue weighted by atomic mass is 9.96. The molecule has 0 atom stereocenters. The molecule has 4 nitrogen and oxygen atoms in total. The van der Waals surface area contributed by atoms with Gasteiger partial charge in [0.2, 0.25) is 5.78 Å². The third kappa shape index (κ3) is 3.25. The fraction of sp³-hybridized carbons (Fsp3) is 0.0400. The van der Waals surface area contributed by atoms with Crippen molar-refractivity contribution < 1.29 is 13.6 Å². The summed E-state index contributed by atoms with van der Waals surface area (Å²) in [4.78, 5) is 25.5. The fourth-order valence-corrected chi connectivity index (χ4v) is 4.07. The predicted molar refractivity (Wildman–Crippen MR) is 122 cm³/mol. The van der Waals surface area contributed by atoms with Crippen LogP contribution in [0.2, 0.25) is 10.0 Å². The first-order chi connectivity index (χ1) is 14.9. The Balaban J connectivity index is 1.93. The van der Waals surface area contributed by atoms with Crippen molar-refractivity contribution in [2.24, 2.45) is 0 Å². The summed E-state index contributed by atoms with van der Waals surface area (Å²) in [6.07, 6.45) is 0. The van der Waals surface area contributed by atoms with Crippen LogP contribution in [0.15, 0.2) is 80.4 Å². The first-order valence-corrected chi connectivity index (χ1v) is 10.2. The minimum absolute atomic E-state index is 0.135. The standard InChI is InChI=1S/C25H14Cl2O4/c1-13-11-20(28)31-24-16(13)8-10-19-22(24)21(15-7-9-17(26)18(27)12-15)25(30-19)23(29)14-5-3-2-4-6-14/h2-12H,1H3. The highest BCUT2D eigenvalue weighted by molar-refractivity contribution is 6.42. The van der Waals surface area contributed by atoms with Crippen LogP contribution in [0.4, 0.5) is 0 Å². The van der Waals surface area contributed by atoms with Crippen molar-refractivity contribution in [1.82, 2.24) is 0 Å². The molecule has 0 spiro atoms. The normalized spacial score (nSPS) is 11.3. The summed E-state index contributed by atoms with van der Waals surface area (Å²) in [5.41, 5.74) is 2.69. The molecule has 5 rings (SSSR count). The van der Waals surface area contributed by atoms with Crippen LogP contribution < -0.4 is 5.63 Å². The van der Waals surface area contributed by atoms with Gasteiger partial charge in [0.25, 0.3) is 0 Å². The number of rotatable bonds is 3. The molecule has 6 heteroatoms. The van der Waals surface area contributed by atoms with Gasteiger partial charge in [-0.1, -0.05) is 59.6 Å². The summed E-state index contributed by atoms with van der Waals surface area (Å²) >= 11 is 12.4. The van der Waals surface area contributed by atoms with Gasteiger partial charge in [0.1, 0.15) is 11.2 Å². The van der Waals surface area contributed by atoms with Crippen molar-refractivity contribution in [3.63, 3.8) is 0 Å². The van der Waals surface area contributed by atoms with Gasteiger partial charge in [-0.3, -0.25) is 4.79 Å². The van der Waals surface area contributed by atoms with Gasteiger partial charge < -0.3 is 8.83 Å². The summed E-state index contributed by atoms with van der Waals surface area (Å²) in [5.74, 6) is -0.155. The number of aryl methyl sites for hydroxylation is 1. The van der Waals surface area contributed by atoms with E-state index in [0.717, 1.165) is 10.9 Å². The van der Waals surface area contributed by atoms with E-state index in [9.17, 15) is 9.59 Å². The molecule has 0 bridgehead atoms. The lowest BCUT2D eigenvalue weighted by Gasteiger charge is -2.07. The van der Waals surface area contributed by atoms with Gasteiger partial charge in [0, 0.05) is 22.6 Å². The average molecular weight is 449 g/mol. The molecule has 0 saturated carbocycles. The van der Waals surface area contributed by atoms with Crippen molar-refractivity contribution >= 4 is 50.9 Å². The third-order valence-electron chi connectivity index (χ3n) is 5.22. The molecule has 2 heterocycles.